The van der Waals surface area contributed by atoms with Gasteiger partial charge in [0, 0.05) is 29.6 Å². The van der Waals surface area contributed by atoms with Crippen LogP contribution in [-0.2, 0) is 6.54 Å². The molecule has 2 aromatic heterocycles. The van der Waals surface area contributed by atoms with E-state index in [1.165, 1.54) is 24.0 Å². The molecule has 1 atom stereocenters. The van der Waals surface area contributed by atoms with Crippen LogP contribution in [0.15, 0.2) is 48.5 Å². The Balaban J connectivity index is 1.61. The Kier molecular flexibility index (Phi) is 7.84. The maximum atomic E-state index is 6.17. The Morgan fingerprint density at radius 3 is 2.79 bits per heavy atom. The number of unbranched alkanes of at least 4 members (excludes halogenated alkanes) is 1. The van der Waals surface area contributed by atoms with E-state index in [-0.39, 0.29) is 5.95 Å². The van der Waals surface area contributed by atoms with Crippen LogP contribution < -0.4 is 21.1 Å². The number of anilines is 2. The number of nitrogen functional groups attached to an aromatic ring is 1. The topological polar surface area (TPSA) is 90.0 Å². The number of benzene rings is 2. The van der Waals surface area contributed by atoms with E-state index in [0.29, 0.717) is 18.6 Å². The molecule has 0 aliphatic heterocycles. The molecule has 0 radical (unpaired) electrons. The molecule has 0 fully saturated rings. The fraction of sp³-hybridized carbons (Fsp3) is 0.419. The largest absolute Gasteiger partial charge is 0.496 e. The Hall–Kier alpha value is -3.58. The maximum Gasteiger partial charge on any atom is 0.222 e. The molecule has 200 valence electrons. The lowest BCUT2D eigenvalue weighted by Gasteiger charge is -2.25. The van der Waals surface area contributed by atoms with Crippen molar-refractivity contribution in [2.75, 3.05) is 24.7 Å². The maximum absolute atomic E-state index is 6.17. The summed E-state index contributed by atoms with van der Waals surface area (Å²) in [5.74, 6) is 1.95. The van der Waals surface area contributed by atoms with E-state index in [1.54, 1.807) is 7.11 Å². The first-order chi connectivity index (χ1) is 18.5. The van der Waals surface area contributed by atoms with Gasteiger partial charge in [-0.05, 0) is 55.0 Å². The molecule has 4 N–H and O–H groups in total. The number of rotatable bonds is 10. The lowest BCUT2D eigenvalue weighted by molar-refractivity contribution is 0.409. The van der Waals surface area contributed by atoms with E-state index in [2.05, 4.69) is 88.4 Å². The highest BCUT2D eigenvalue weighted by Gasteiger charge is 2.20. The normalized spacial score (nSPS) is 15.8. The Morgan fingerprint density at radius 2 is 2.00 bits per heavy atom. The molecule has 1 aliphatic rings. The number of aromatic nitrogens is 3. The molecule has 2 heterocycles. The number of para-hydroxylation sites is 1. The molecule has 7 nitrogen and oxygen atoms in total. The number of hydrogen-bond acceptors (Lipinski definition) is 6. The molecule has 0 spiro atoms. The minimum absolute atomic E-state index is 0.285. The zero-order valence-corrected chi connectivity index (χ0v) is 23.1. The zero-order chi connectivity index (χ0) is 26.6. The van der Waals surface area contributed by atoms with Crippen molar-refractivity contribution in [2.24, 2.45) is 0 Å². The van der Waals surface area contributed by atoms with Gasteiger partial charge in [0.15, 0.2) is 5.82 Å². The summed E-state index contributed by atoms with van der Waals surface area (Å²) in [6, 6.07) is 15.9. The highest BCUT2D eigenvalue weighted by molar-refractivity contribution is 6.09. The van der Waals surface area contributed by atoms with Crippen LogP contribution >= 0.6 is 0 Å². The van der Waals surface area contributed by atoms with Crippen LogP contribution in [0, 0.1) is 0 Å². The third kappa shape index (κ3) is 5.34. The van der Waals surface area contributed by atoms with Gasteiger partial charge in [0.25, 0.3) is 0 Å². The second kappa shape index (κ2) is 11.4. The van der Waals surface area contributed by atoms with Crippen LogP contribution in [0.5, 0.6) is 5.75 Å². The summed E-state index contributed by atoms with van der Waals surface area (Å²) in [5, 5.41) is 8.29. The van der Waals surface area contributed by atoms with Crippen molar-refractivity contribution in [1.29, 1.82) is 0 Å². The molecule has 38 heavy (non-hydrogen) atoms. The van der Waals surface area contributed by atoms with Gasteiger partial charge in [0.05, 0.1) is 19.2 Å². The first kappa shape index (κ1) is 26.0. The van der Waals surface area contributed by atoms with Crippen LogP contribution in [0.4, 0.5) is 11.8 Å². The molecule has 0 amide bonds. The van der Waals surface area contributed by atoms with E-state index in [9.17, 15) is 0 Å². The van der Waals surface area contributed by atoms with Crippen molar-refractivity contribution < 1.29 is 4.74 Å². The summed E-state index contributed by atoms with van der Waals surface area (Å²) in [5.41, 5.74) is 12.9. The molecule has 5 rings (SSSR count). The highest BCUT2D eigenvalue weighted by Crippen LogP contribution is 2.35. The minimum atomic E-state index is 0.285. The van der Waals surface area contributed by atoms with Crippen molar-refractivity contribution in [3.8, 4) is 5.75 Å². The third-order valence-corrected chi connectivity index (χ3v) is 7.33. The smallest absolute Gasteiger partial charge is 0.222 e. The number of nitrogens with one attached hydrogen (secondary N) is 2. The molecular formula is C31H40N6O. The molecule has 0 saturated carbocycles. The van der Waals surface area contributed by atoms with Crippen LogP contribution in [-0.4, -0.2) is 40.3 Å². The fourth-order valence-corrected chi connectivity index (χ4v) is 5.61. The third-order valence-electron chi connectivity index (χ3n) is 7.33. The number of nitrogens with zero attached hydrogens (tertiary/aromatic N) is 3. The van der Waals surface area contributed by atoms with Crippen molar-refractivity contribution >= 4 is 39.3 Å². The average Bonchev–Trinajstić information content (AvgIpc) is 3.22. The number of fused-ring (bicyclic) bond motifs is 3. The van der Waals surface area contributed by atoms with E-state index >= 15 is 0 Å². The van der Waals surface area contributed by atoms with Gasteiger partial charge in [-0.3, -0.25) is 0 Å². The van der Waals surface area contributed by atoms with E-state index in [0.717, 1.165) is 64.9 Å². The van der Waals surface area contributed by atoms with Crippen molar-refractivity contribution in [1.82, 2.24) is 19.9 Å². The van der Waals surface area contributed by atoms with E-state index in [1.807, 2.05) is 6.07 Å². The molecular weight excluding hydrogens is 472 g/mol. The molecule has 7 heteroatoms. The Morgan fingerprint density at radius 1 is 1.16 bits per heavy atom. The fourth-order valence-electron chi connectivity index (χ4n) is 5.61. The van der Waals surface area contributed by atoms with Gasteiger partial charge < -0.3 is 25.7 Å². The molecule has 0 bridgehead atoms. The number of hydrogen-bond donors (Lipinski definition) is 3. The summed E-state index contributed by atoms with van der Waals surface area (Å²) in [6.45, 7) is 8.08. The van der Waals surface area contributed by atoms with Gasteiger partial charge in [0.2, 0.25) is 5.95 Å². The monoisotopic (exact) mass is 512 g/mol. The van der Waals surface area contributed by atoms with E-state index < -0.39 is 0 Å². The predicted octanol–water partition coefficient (Wildman–Crippen LogP) is 6.37. The molecule has 1 unspecified atom stereocenters. The Labute approximate surface area is 225 Å². The summed E-state index contributed by atoms with van der Waals surface area (Å²) in [7, 11) is 1.74. The number of ether oxygens (including phenoxy) is 1. The van der Waals surface area contributed by atoms with Crippen molar-refractivity contribution in [3.63, 3.8) is 0 Å². The second-order valence-electron chi connectivity index (χ2n) is 10.5. The minimum Gasteiger partial charge on any atom is -0.496 e. The quantitative estimate of drug-likeness (QED) is 0.214. The van der Waals surface area contributed by atoms with Gasteiger partial charge in [0.1, 0.15) is 16.8 Å². The van der Waals surface area contributed by atoms with Gasteiger partial charge in [-0.15, -0.1) is 0 Å². The zero-order valence-electron chi connectivity index (χ0n) is 23.1. The first-order valence-electron chi connectivity index (χ1n) is 13.9. The standard InChI is InChI=1S/C31H40N6O/c1-5-6-16-33-30-29-28(35-31(32)36-30)25-12-7-8-13-26(25)37(29)19-23-17-22(14-15-27(23)38-4)21-10-9-11-24(18-21)34-20(2)3/h7-8,12-15,17-18,20,24,34H,5-6,9-11,16,19H2,1-4H3,(H3,32,33,35,36). The Bertz CT molecular complexity index is 1450. The summed E-state index contributed by atoms with van der Waals surface area (Å²) >= 11 is 0. The predicted molar refractivity (Wildman–Crippen MR) is 159 cm³/mol. The van der Waals surface area contributed by atoms with Gasteiger partial charge in [-0.1, -0.05) is 57.5 Å². The van der Waals surface area contributed by atoms with Gasteiger partial charge in [-0.25, -0.2) is 4.98 Å². The highest BCUT2D eigenvalue weighted by atomic mass is 16.5. The SMILES string of the molecule is CCCCNc1nc(N)nc2c3ccccc3n(Cc3cc(C4=CC(NC(C)C)CCC4)ccc3OC)c12. The van der Waals surface area contributed by atoms with Gasteiger partial charge in [-0.2, -0.15) is 4.98 Å². The van der Waals surface area contributed by atoms with Crippen LogP contribution in [0.25, 0.3) is 27.5 Å². The number of methoxy groups -OCH3 is 1. The van der Waals surface area contributed by atoms with Gasteiger partial charge >= 0.3 is 0 Å². The second-order valence-corrected chi connectivity index (χ2v) is 10.5. The van der Waals surface area contributed by atoms with E-state index in [4.69, 9.17) is 10.5 Å². The van der Waals surface area contributed by atoms with Crippen molar-refractivity contribution in [2.45, 2.75) is 71.5 Å². The number of allylic oxidation sites excluding steroid dienone is 1. The summed E-state index contributed by atoms with van der Waals surface area (Å²) < 4.78 is 8.16. The molecule has 1 aliphatic carbocycles. The summed E-state index contributed by atoms with van der Waals surface area (Å²) in [4.78, 5) is 9.30. The number of nitrogens with two attached hydrogens (primary N) is 1. The van der Waals surface area contributed by atoms with Crippen LogP contribution in [0.1, 0.15) is 64.0 Å². The first-order valence-corrected chi connectivity index (χ1v) is 13.9. The lowest BCUT2D eigenvalue weighted by Crippen LogP contribution is -2.34. The molecule has 4 aromatic rings. The van der Waals surface area contributed by atoms with Crippen LogP contribution in [0.3, 0.4) is 0 Å². The summed E-state index contributed by atoms with van der Waals surface area (Å²) in [6.07, 6.45) is 8.05. The molecule has 0 saturated heterocycles. The van der Waals surface area contributed by atoms with Crippen molar-refractivity contribution in [3.05, 3.63) is 59.7 Å². The average molecular weight is 513 g/mol. The van der Waals surface area contributed by atoms with Crippen LogP contribution in [0.2, 0.25) is 0 Å². The lowest BCUT2D eigenvalue weighted by atomic mass is 9.90. The molecule has 2 aromatic carbocycles.